The van der Waals surface area contributed by atoms with Gasteiger partial charge in [-0.3, -0.25) is 0 Å². The number of rotatable bonds is 8. The van der Waals surface area contributed by atoms with E-state index in [0.29, 0.717) is 41.4 Å². The summed E-state index contributed by atoms with van der Waals surface area (Å²) in [6, 6.07) is 11.1. The molecule has 0 aliphatic heterocycles. The van der Waals surface area contributed by atoms with Crippen LogP contribution in [0.25, 0.3) is 11.4 Å². The Labute approximate surface area is 180 Å². The fraction of sp³-hybridized carbons (Fsp3) is 0.227. The van der Waals surface area contributed by atoms with E-state index in [1.165, 1.54) is 24.7 Å². The lowest BCUT2D eigenvalue weighted by Gasteiger charge is -2.11. The number of hydrogen-bond donors (Lipinski definition) is 1. The van der Waals surface area contributed by atoms with E-state index in [-0.39, 0.29) is 11.7 Å². The van der Waals surface area contributed by atoms with Gasteiger partial charge in [-0.05, 0) is 36.8 Å². The maximum Gasteiger partial charge on any atom is 0.230 e. The van der Waals surface area contributed by atoms with Crippen molar-refractivity contribution >= 4 is 21.5 Å². The number of ether oxygens (including phenoxy) is 1. The highest BCUT2D eigenvalue weighted by Crippen LogP contribution is 2.29. The third-order valence-electron chi connectivity index (χ3n) is 4.03. The van der Waals surface area contributed by atoms with E-state index in [9.17, 15) is 12.8 Å². The van der Waals surface area contributed by atoms with E-state index in [0.717, 1.165) is 0 Å². The van der Waals surface area contributed by atoms with E-state index in [1.54, 1.807) is 37.3 Å². The average Bonchev–Trinajstić information content (AvgIpc) is 2.70. The first-order chi connectivity index (χ1) is 14.8. The number of halogens is 1. The second-order valence-corrected chi connectivity index (χ2v) is 8.83. The molecule has 9 heteroatoms. The number of nitrogens with one attached hydrogen (secondary N) is 1. The van der Waals surface area contributed by atoms with Gasteiger partial charge in [-0.25, -0.2) is 22.8 Å². The van der Waals surface area contributed by atoms with E-state index >= 15 is 0 Å². The normalized spacial score (nSPS) is 10.8. The van der Waals surface area contributed by atoms with Crippen LogP contribution in [-0.4, -0.2) is 36.2 Å². The van der Waals surface area contributed by atoms with Crippen molar-refractivity contribution in [2.24, 2.45) is 0 Å². The zero-order valence-electron chi connectivity index (χ0n) is 17.1. The fourth-order valence-electron chi connectivity index (χ4n) is 2.79. The van der Waals surface area contributed by atoms with Crippen molar-refractivity contribution in [1.82, 2.24) is 15.0 Å². The first-order valence-electron chi connectivity index (χ1n) is 9.39. The first kappa shape index (κ1) is 22.2. The highest BCUT2D eigenvalue weighted by molar-refractivity contribution is 7.89. The fourth-order valence-corrected chi connectivity index (χ4v) is 3.58. The van der Waals surface area contributed by atoms with Gasteiger partial charge in [0.1, 0.15) is 17.9 Å². The van der Waals surface area contributed by atoms with Crippen molar-refractivity contribution in [2.45, 2.75) is 19.1 Å². The molecule has 31 heavy (non-hydrogen) atoms. The minimum Gasteiger partial charge on any atom is -0.492 e. The lowest BCUT2D eigenvalue weighted by molar-refractivity contribution is 0.326. The van der Waals surface area contributed by atoms with Gasteiger partial charge < -0.3 is 10.1 Å². The Hall–Kier alpha value is -3.51. The summed E-state index contributed by atoms with van der Waals surface area (Å²) < 4.78 is 42.5. The molecule has 0 saturated heterocycles. The third-order valence-corrected chi connectivity index (χ3v) is 4.89. The summed E-state index contributed by atoms with van der Waals surface area (Å²) in [5.41, 5.74) is 1.79. The summed E-state index contributed by atoms with van der Waals surface area (Å²) >= 11 is 0. The number of benzene rings is 2. The molecule has 0 aliphatic rings. The molecular formula is C22H21FN4O3S. The molecule has 0 spiro atoms. The predicted molar refractivity (Wildman–Crippen MR) is 117 cm³/mol. The van der Waals surface area contributed by atoms with Crippen LogP contribution >= 0.6 is 0 Å². The first-order valence-corrected chi connectivity index (χ1v) is 11.4. The van der Waals surface area contributed by atoms with Gasteiger partial charge in [0, 0.05) is 24.4 Å². The molecule has 160 valence electrons. The minimum atomic E-state index is -3.15. The van der Waals surface area contributed by atoms with E-state index in [1.807, 2.05) is 0 Å². The van der Waals surface area contributed by atoms with Crippen LogP contribution in [0.15, 0.2) is 48.8 Å². The van der Waals surface area contributed by atoms with Crippen LogP contribution in [0.5, 0.6) is 5.75 Å². The lowest BCUT2D eigenvalue weighted by Crippen LogP contribution is -2.04. The van der Waals surface area contributed by atoms with Crippen LogP contribution in [-0.2, 0) is 15.6 Å². The number of hydrogen-bond acceptors (Lipinski definition) is 7. The summed E-state index contributed by atoms with van der Waals surface area (Å²) in [6.07, 6.45) is 3.03. The quantitative estimate of drug-likeness (QED) is 0.421. The Morgan fingerprint density at radius 2 is 2.00 bits per heavy atom. The SMILES string of the molecule is CC#CCCOc1cc(F)ccc1-c1ncnc(Nc2cccc(CS(C)(=O)=O)c2)n1. The summed E-state index contributed by atoms with van der Waals surface area (Å²) in [6.45, 7) is 2.05. The number of aromatic nitrogens is 3. The highest BCUT2D eigenvalue weighted by atomic mass is 32.2. The summed E-state index contributed by atoms with van der Waals surface area (Å²) in [5.74, 6) is 6.04. The van der Waals surface area contributed by atoms with Gasteiger partial charge in [-0.15, -0.1) is 11.8 Å². The van der Waals surface area contributed by atoms with Gasteiger partial charge in [0.25, 0.3) is 0 Å². The summed E-state index contributed by atoms with van der Waals surface area (Å²) in [7, 11) is -3.15. The van der Waals surface area contributed by atoms with Crippen molar-refractivity contribution in [2.75, 3.05) is 18.2 Å². The van der Waals surface area contributed by atoms with Crippen molar-refractivity contribution in [3.8, 4) is 29.0 Å². The lowest BCUT2D eigenvalue weighted by atomic mass is 10.2. The maximum atomic E-state index is 13.7. The Morgan fingerprint density at radius 3 is 2.77 bits per heavy atom. The molecule has 2 aromatic carbocycles. The highest BCUT2D eigenvalue weighted by Gasteiger charge is 2.12. The Balaban J connectivity index is 1.84. The predicted octanol–water partition coefficient (Wildman–Crippen LogP) is 3.76. The molecule has 7 nitrogen and oxygen atoms in total. The van der Waals surface area contributed by atoms with Crippen LogP contribution in [0.4, 0.5) is 16.0 Å². The van der Waals surface area contributed by atoms with E-state index in [4.69, 9.17) is 4.74 Å². The second kappa shape index (κ2) is 10.00. The maximum absolute atomic E-state index is 13.7. The summed E-state index contributed by atoms with van der Waals surface area (Å²) in [4.78, 5) is 12.7. The zero-order chi connectivity index (χ0) is 22.3. The van der Waals surface area contributed by atoms with E-state index < -0.39 is 15.7 Å². The van der Waals surface area contributed by atoms with Gasteiger partial charge in [0.15, 0.2) is 15.7 Å². The number of anilines is 2. The molecule has 0 amide bonds. The molecular weight excluding hydrogens is 419 g/mol. The molecule has 0 saturated carbocycles. The molecule has 0 bridgehead atoms. The van der Waals surface area contributed by atoms with E-state index in [2.05, 4.69) is 32.1 Å². The van der Waals surface area contributed by atoms with Gasteiger partial charge in [-0.2, -0.15) is 4.98 Å². The van der Waals surface area contributed by atoms with Crippen molar-refractivity contribution < 1.29 is 17.5 Å². The minimum absolute atomic E-state index is 0.0658. The molecule has 1 aromatic heterocycles. The van der Waals surface area contributed by atoms with Crippen molar-refractivity contribution in [1.29, 1.82) is 0 Å². The van der Waals surface area contributed by atoms with Crippen LogP contribution < -0.4 is 10.1 Å². The molecule has 0 radical (unpaired) electrons. The van der Waals surface area contributed by atoms with Crippen molar-refractivity contribution in [3.63, 3.8) is 0 Å². The molecule has 1 heterocycles. The molecule has 3 aromatic rings. The topological polar surface area (TPSA) is 94.1 Å². The van der Waals surface area contributed by atoms with Crippen LogP contribution in [0, 0.1) is 17.7 Å². The Morgan fingerprint density at radius 1 is 1.16 bits per heavy atom. The standard InChI is InChI=1S/C22H21FN4O3S/c1-3-4-5-11-30-20-13-17(23)9-10-19(20)21-24-15-25-22(27-21)26-18-8-6-7-16(12-18)14-31(2,28)29/h6-10,12-13,15H,5,11,14H2,1-2H3,(H,24,25,26,27). The van der Waals surface area contributed by atoms with Crippen molar-refractivity contribution in [3.05, 3.63) is 60.2 Å². The Bertz CT molecular complexity index is 1240. The third kappa shape index (κ3) is 6.76. The molecule has 0 fully saturated rings. The zero-order valence-corrected chi connectivity index (χ0v) is 17.9. The molecule has 0 atom stereocenters. The average molecular weight is 441 g/mol. The van der Waals surface area contributed by atoms with Crippen LogP contribution in [0.3, 0.4) is 0 Å². The smallest absolute Gasteiger partial charge is 0.230 e. The van der Waals surface area contributed by atoms with Crippen LogP contribution in [0.1, 0.15) is 18.9 Å². The van der Waals surface area contributed by atoms with Gasteiger partial charge in [0.2, 0.25) is 5.95 Å². The molecule has 3 rings (SSSR count). The molecule has 0 aliphatic carbocycles. The summed E-state index contributed by atoms with van der Waals surface area (Å²) in [5, 5.41) is 3.04. The molecule has 1 N–H and O–H groups in total. The number of sulfone groups is 1. The number of nitrogens with zero attached hydrogens (tertiary/aromatic N) is 3. The van der Waals surface area contributed by atoms with Gasteiger partial charge in [-0.1, -0.05) is 12.1 Å². The van der Waals surface area contributed by atoms with Gasteiger partial charge >= 0.3 is 0 Å². The Kier molecular flexibility index (Phi) is 7.15. The monoisotopic (exact) mass is 440 g/mol. The van der Waals surface area contributed by atoms with Gasteiger partial charge in [0.05, 0.1) is 17.9 Å². The second-order valence-electron chi connectivity index (χ2n) is 6.69. The van der Waals surface area contributed by atoms with Crippen LogP contribution in [0.2, 0.25) is 0 Å². The molecule has 0 unspecified atom stereocenters. The largest absolute Gasteiger partial charge is 0.492 e.